The van der Waals surface area contributed by atoms with Crippen molar-refractivity contribution in [2.75, 3.05) is 13.2 Å². The van der Waals surface area contributed by atoms with E-state index in [9.17, 15) is 14.7 Å². The Morgan fingerprint density at radius 3 is 2.75 bits per heavy atom. The van der Waals surface area contributed by atoms with Crippen LogP contribution in [0.2, 0.25) is 0 Å². The molecule has 1 aliphatic rings. The smallest absolute Gasteiger partial charge is 0.326 e. The largest absolute Gasteiger partial charge is 0.485 e. The maximum atomic E-state index is 12.4. The molecule has 9 heteroatoms. The minimum absolute atomic E-state index is 0.151. The van der Waals surface area contributed by atoms with Crippen LogP contribution in [-0.2, 0) is 22.6 Å². The number of aromatic nitrogens is 2. The van der Waals surface area contributed by atoms with Crippen LogP contribution < -0.4 is 10.1 Å². The highest BCUT2D eigenvalue weighted by Gasteiger charge is 2.31. The number of carbonyl (C=O) groups is 2. The first-order valence-corrected chi connectivity index (χ1v) is 9.22. The van der Waals surface area contributed by atoms with Gasteiger partial charge in [-0.05, 0) is 37.1 Å². The third kappa shape index (κ3) is 5.07. The van der Waals surface area contributed by atoms with E-state index in [1.54, 1.807) is 24.3 Å². The zero-order valence-corrected chi connectivity index (χ0v) is 15.6. The van der Waals surface area contributed by atoms with Crippen molar-refractivity contribution in [3.8, 4) is 5.75 Å². The molecule has 28 heavy (non-hydrogen) atoms. The Morgan fingerprint density at radius 2 is 2.14 bits per heavy atom. The first kappa shape index (κ1) is 19.8. The summed E-state index contributed by atoms with van der Waals surface area (Å²) in [4.78, 5) is 28.1. The average molecular weight is 389 g/mol. The van der Waals surface area contributed by atoms with Crippen LogP contribution in [0, 0.1) is 5.92 Å². The van der Waals surface area contributed by atoms with Crippen molar-refractivity contribution < 1.29 is 28.7 Å². The first-order valence-electron chi connectivity index (χ1n) is 9.22. The SMILES string of the molecule is CCc1nc(COc2ccc(C(=O)NC(C(=O)O)C3CCCOC3)cc2)no1. The lowest BCUT2D eigenvalue weighted by molar-refractivity contribution is -0.142. The van der Waals surface area contributed by atoms with Gasteiger partial charge in [-0.15, -0.1) is 0 Å². The van der Waals surface area contributed by atoms with Crippen LogP contribution in [0.5, 0.6) is 5.75 Å². The third-order valence-electron chi connectivity index (χ3n) is 4.52. The van der Waals surface area contributed by atoms with Crippen molar-refractivity contribution in [1.29, 1.82) is 0 Å². The molecule has 1 amide bonds. The number of rotatable bonds is 8. The molecule has 1 saturated heterocycles. The number of amides is 1. The lowest BCUT2D eigenvalue weighted by atomic mass is 9.93. The molecule has 2 unspecified atom stereocenters. The summed E-state index contributed by atoms with van der Waals surface area (Å²) in [5.74, 6) is -0.221. The molecule has 2 atom stereocenters. The summed E-state index contributed by atoms with van der Waals surface area (Å²) in [6.07, 6.45) is 2.15. The normalized spacial score (nSPS) is 17.7. The second-order valence-electron chi connectivity index (χ2n) is 6.54. The summed E-state index contributed by atoms with van der Waals surface area (Å²) in [6, 6.07) is 5.45. The zero-order valence-electron chi connectivity index (χ0n) is 15.6. The number of nitrogens with one attached hydrogen (secondary N) is 1. The van der Waals surface area contributed by atoms with Crippen LogP contribution in [0.4, 0.5) is 0 Å². The van der Waals surface area contributed by atoms with E-state index in [0.717, 1.165) is 6.42 Å². The fourth-order valence-electron chi connectivity index (χ4n) is 2.98. The van der Waals surface area contributed by atoms with Gasteiger partial charge in [0.05, 0.1) is 6.61 Å². The number of ether oxygens (including phenoxy) is 2. The Hall–Kier alpha value is -2.94. The van der Waals surface area contributed by atoms with Gasteiger partial charge in [-0.25, -0.2) is 4.79 Å². The van der Waals surface area contributed by atoms with E-state index in [-0.39, 0.29) is 12.5 Å². The van der Waals surface area contributed by atoms with Crippen molar-refractivity contribution in [3.63, 3.8) is 0 Å². The predicted molar refractivity (Wildman–Crippen MR) is 96.9 cm³/mol. The molecule has 1 aromatic carbocycles. The van der Waals surface area contributed by atoms with E-state index in [2.05, 4.69) is 15.5 Å². The molecule has 0 radical (unpaired) electrons. The summed E-state index contributed by atoms with van der Waals surface area (Å²) in [6.45, 7) is 3.03. The van der Waals surface area contributed by atoms with Gasteiger partial charge in [0.2, 0.25) is 11.7 Å². The molecule has 3 rings (SSSR count). The lowest BCUT2D eigenvalue weighted by Crippen LogP contribution is -2.48. The highest BCUT2D eigenvalue weighted by Crippen LogP contribution is 2.19. The molecule has 150 valence electrons. The number of nitrogens with zero attached hydrogens (tertiary/aromatic N) is 2. The van der Waals surface area contributed by atoms with Crippen molar-refractivity contribution >= 4 is 11.9 Å². The van der Waals surface area contributed by atoms with Gasteiger partial charge in [0, 0.05) is 24.5 Å². The Morgan fingerprint density at radius 1 is 1.36 bits per heavy atom. The number of aliphatic carboxylic acids is 1. The second-order valence-corrected chi connectivity index (χ2v) is 6.54. The van der Waals surface area contributed by atoms with E-state index in [4.69, 9.17) is 14.0 Å². The number of carbonyl (C=O) groups excluding carboxylic acids is 1. The molecule has 1 aromatic heterocycles. The topological polar surface area (TPSA) is 124 Å². The van der Waals surface area contributed by atoms with Crippen LogP contribution in [0.25, 0.3) is 0 Å². The van der Waals surface area contributed by atoms with Gasteiger partial charge in [-0.2, -0.15) is 4.98 Å². The Labute approximate surface area is 162 Å². The van der Waals surface area contributed by atoms with Gasteiger partial charge in [-0.3, -0.25) is 4.79 Å². The number of aryl methyl sites for hydroxylation is 1. The van der Waals surface area contributed by atoms with E-state index in [0.29, 0.717) is 49.1 Å². The number of benzene rings is 1. The second kappa shape index (κ2) is 9.32. The van der Waals surface area contributed by atoms with Gasteiger partial charge >= 0.3 is 5.97 Å². The molecule has 2 N–H and O–H groups in total. The number of hydrogen-bond donors (Lipinski definition) is 2. The van der Waals surface area contributed by atoms with Gasteiger partial charge < -0.3 is 24.4 Å². The van der Waals surface area contributed by atoms with Crippen molar-refractivity contribution in [2.45, 2.75) is 38.8 Å². The van der Waals surface area contributed by atoms with Gasteiger partial charge in [0.25, 0.3) is 5.91 Å². The minimum Gasteiger partial charge on any atom is -0.485 e. The summed E-state index contributed by atoms with van der Waals surface area (Å²) >= 11 is 0. The molecule has 1 aliphatic heterocycles. The van der Waals surface area contributed by atoms with E-state index >= 15 is 0 Å². The quantitative estimate of drug-likeness (QED) is 0.701. The number of hydrogen-bond acceptors (Lipinski definition) is 7. The molecule has 0 saturated carbocycles. The molecule has 2 heterocycles. The standard InChI is InChI=1S/C19H23N3O6/c1-2-16-20-15(22-28-16)11-27-14-7-5-12(6-8-14)18(23)21-17(19(24)25)13-4-3-9-26-10-13/h5-8,13,17H,2-4,9-11H2,1H3,(H,21,23)(H,24,25). The average Bonchev–Trinajstić information content (AvgIpc) is 3.19. The van der Waals surface area contributed by atoms with Crippen LogP contribution >= 0.6 is 0 Å². The molecule has 0 bridgehead atoms. The van der Waals surface area contributed by atoms with Crippen molar-refractivity contribution in [3.05, 3.63) is 41.5 Å². The summed E-state index contributed by atoms with van der Waals surface area (Å²) in [7, 11) is 0. The predicted octanol–water partition coefficient (Wildman–Crippen LogP) is 1.82. The maximum Gasteiger partial charge on any atom is 0.326 e. The zero-order chi connectivity index (χ0) is 19.9. The van der Waals surface area contributed by atoms with E-state index in [1.165, 1.54) is 0 Å². The van der Waals surface area contributed by atoms with Crippen LogP contribution in [-0.4, -0.2) is 46.4 Å². The van der Waals surface area contributed by atoms with Crippen LogP contribution in [0.1, 0.15) is 41.8 Å². The first-order chi connectivity index (χ1) is 13.6. The summed E-state index contributed by atoms with van der Waals surface area (Å²) in [5, 5.41) is 15.9. The molecule has 9 nitrogen and oxygen atoms in total. The van der Waals surface area contributed by atoms with Crippen molar-refractivity contribution in [1.82, 2.24) is 15.5 Å². The Bertz CT molecular complexity index is 798. The van der Waals surface area contributed by atoms with Crippen LogP contribution in [0.15, 0.2) is 28.8 Å². The molecule has 1 fully saturated rings. The van der Waals surface area contributed by atoms with Crippen LogP contribution in [0.3, 0.4) is 0 Å². The molecule has 0 aliphatic carbocycles. The van der Waals surface area contributed by atoms with Crippen molar-refractivity contribution in [2.24, 2.45) is 5.92 Å². The molecular formula is C19H23N3O6. The fraction of sp³-hybridized carbons (Fsp3) is 0.474. The van der Waals surface area contributed by atoms with E-state index < -0.39 is 17.9 Å². The summed E-state index contributed by atoms with van der Waals surface area (Å²) in [5.41, 5.74) is 0.350. The van der Waals surface area contributed by atoms with Gasteiger partial charge in [0.1, 0.15) is 11.8 Å². The molecular weight excluding hydrogens is 366 g/mol. The third-order valence-corrected chi connectivity index (χ3v) is 4.52. The molecule has 0 spiro atoms. The summed E-state index contributed by atoms with van der Waals surface area (Å²) < 4.78 is 15.9. The number of carboxylic acids is 1. The fourth-order valence-corrected chi connectivity index (χ4v) is 2.98. The Balaban J connectivity index is 1.56. The number of carboxylic acid groups (broad SMARTS) is 1. The highest BCUT2D eigenvalue weighted by molar-refractivity contribution is 5.96. The van der Waals surface area contributed by atoms with Gasteiger partial charge in [-0.1, -0.05) is 12.1 Å². The van der Waals surface area contributed by atoms with E-state index in [1.807, 2.05) is 6.92 Å². The monoisotopic (exact) mass is 389 g/mol. The highest BCUT2D eigenvalue weighted by atomic mass is 16.5. The molecule has 2 aromatic rings. The lowest BCUT2D eigenvalue weighted by Gasteiger charge is -2.28. The Kier molecular flexibility index (Phi) is 6.59. The maximum absolute atomic E-state index is 12.4. The minimum atomic E-state index is -1.06. The van der Waals surface area contributed by atoms with Gasteiger partial charge in [0.15, 0.2) is 6.61 Å².